The summed E-state index contributed by atoms with van der Waals surface area (Å²) in [4.78, 5) is 12.9. The van der Waals surface area contributed by atoms with Crippen LogP contribution < -0.4 is 10.0 Å². The van der Waals surface area contributed by atoms with Crippen LogP contribution in [0.5, 0.6) is 0 Å². The summed E-state index contributed by atoms with van der Waals surface area (Å²) in [5.74, 6) is 0.897. The average Bonchev–Trinajstić information content (AvgIpc) is 3.15. The van der Waals surface area contributed by atoms with Gasteiger partial charge in [0.25, 0.3) is 5.91 Å². The Morgan fingerprint density at radius 1 is 1.10 bits per heavy atom. The molecule has 8 nitrogen and oxygen atoms in total. The standard InChI is InChI=1S/C17H21N3O5S4/c1-12-3-4-13(11-14(12)19-28(2,22)23)18-17(21)16-15(5-8-27-16)29(24,25)20-6-9-26-10-7-20/h3-5,8,11,19H,6-7,9-10H2,1-2H3,(H,18,21). The zero-order valence-electron chi connectivity index (χ0n) is 15.8. The van der Waals surface area contributed by atoms with Crippen LogP contribution in [0, 0.1) is 6.92 Å². The molecule has 1 amide bonds. The second kappa shape index (κ2) is 8.64. The number of benzene rings is 1. The Balaban J connectivity index is 1.84. The van der Waals surface area contributed by atoms with Gasteiger partial charge in [-0.15, -0.1) is 11.3 Å². The Morgan fingerprint density at radius 2 is 1.79 bits per heavy atom. The number of amides is 1. The molecule has 0 unspecified atom stereocenters. The molecule has 0 radical (unpaired) electrons. The van der Waals surface area contributed by atoms with E-state index < -0.39 is 26.0 Å². The van der Waals surface area contributed by atoms with Crippen LogP contribution in [-0.4, -0.2) is 57.9 Å². The molecule has 29 heavy (non-hydrogen) atoms. The largest absolute Gasteiger partial charge is 0.321 e. The normalized spacial score (nSPS) is 15.8. The van der Waals surface area contributed by atoms with Crippen LogP contribution >= 0.6 is 23.1 Å². The van der Waals surface area contributed by atoms with Crippen molar-refractivity contribution in [1.82, 2.24) is 4.31 Å². The van der Waals surface area contributed by atoms with Gasteiger partial charge in [-0.1, -0.05) is 6.07 Å². The molecule has 1 saturated heterocycles. The lowest BCUT2D eigenvalue weighted by Gasteiger charge is -2.25. The van der Waals surface area contributed by atoms with Crippen molar-refractivity contribution in [2.24, 2.45) is 0 Å². The lowest BCUT2D eigenvalue weighted by Crippen LogP contribution is -2.38. The molecule has 0 saturated carbocycles. The van der Waals surface area contributed by atoms with Gasteiger partial charge in [-0.25, -0.2) is 16.8 Å². The van der Waals surface area contributed by atoms with Crippen molar-refractivity contribution < 1.29 is 21.6 Å². The summed E-state index contributed by atoms with van der Waals surface area (Å²) >= 11 is 2.75. The van der Waals surface area contributed by atoms with E-state index in [4.69, 9.17) is 0 Å². The third kappa shape index (κ3) is 5.31. The van der Waals surface area contributed by atoms with Gasteiger partial charge < -0.3 is 5.32 Å². The molecule has 3 rings (SSSR count). The molecule has 0 spiro atoms. The first-order chi connectivity index (χ1) is 13.6. The van der Waals surface area contributed by atoms with E-state index in [0.29, 0.717) is 30.0 Å². The minimum Gasteiger partial charge on any atom is -0.321 e. The molecule has 1 fully saturated rings. The first-order valence-electron chi connectivity index (χ1n) is 8.63. The lowest BCUT2D eigenvalue weighted by atomic mass is 10.2. The first kappa shape index (κ1) is 22.1. The number of carbonyl (C=O) groups excluding carboxylic acids is 1. The molecule has 0 aliphatic carbocycles. The van der Waals surface area contributed by atoms with E-state index in [1.165, 1.54) is 16.4 Å². The summed E-state index contributed by atoms with van der Waals surface area (Å²) in [7, 11) is -7.22. The minimum atomic E-state index is -3.75. The predicted molar refractivity (Wildman–Crippen MR) is 118 cm³/mol. The summed E-state index contributed by atoms with van der Waals surface area (Å²) in [5, 5.41) is 4.24. The van der Waals surface area contributed by atoms with E-state index in [1.54, 1.807) is 36.2 Å². The zero-order valence-corrected chi connectivity index (χ0v) is 19.1. The predicted octanol–water partition coefficient (Wildman–Crippen LogP) is 2.42. The molecular weight excluding hydrogens is 454 g/mol. The first-order valence-corrected chi connectivity index (χ1v) is 14.0. The quantitative estimate of drug-likeness (QED) is 0.664. The molecule has 12 heteroatoms. The van der Waals surface area contributed by atoms with Crippen molar-refractivity contribution in [1.29, 1.82) is 0 Å². The molecule has 1 aromatic heterocycles. The number of nitrogens with zero attached hydrogens (tertiary/aromatic N) is 1. The van der Waals surface area contributed by atoms with E-state index >= 15 is 0 Å². The van der Waals surface area contributed by atoms with Gasteiger partial charge in [0.05, 0.1) is 11.9 Å². The molecule has 0 atom stereocenters. The van der Waals surface area contributed by atoms with Gasteiger partial charge in [0.1, 0.15) is 9.77 Å². The number of anilines is 2. The number of thioether (sulfide) groups is 1. The molecule has 1 aromatic carbocycles. The van der Waals surface area contributed by atoms with Crippen molar-refractivity contribution in [2.45, 2.75) is 11.8 Å². The fourth-order valence-electron chi connectivity index (χ4n) is 2.79. The summed E-state index contributed by atoms with van der Waals surface area (Å²) in [5.41, 5.74) is 1.39. The Bertz CT molecular complexity index is 1120. The number of sulfonamides is 2. The Hall–Kier alpha value is -1.60. The molecule has 1 aliphatic heterocycles. The van der Waals surface area contributed by atoms with E-state index in [1.807, 2.05) is 0 Å². The smallest absolute Gasteiger partial charge is 0.267 e. The number of rotatable bonds is 6. The molecule has 2 aromatic rings. The van der Waals surface area contributed by atoms with Crippen LogP contribution in [0.25, 0.3) is 0 Å². The lowest BCUT2D eigenvalue weighted by molar-refractivity contribution is 0.102. The van der Waals surface area contributed by atoms with Gasteiger partial charge in [0.2, 0.25) is 20.0 Å². The number of hydrogen-bond donors (Lipinski definition) is 2. The van der Waals surface area contributed by atoms with Crippen LogP contribution in [0.3, 0.4) is 0 Å². The van der Waals surface area contributed by atoms with Crippen LogP contribution in [0.4, 0.5) is 11.4 Å². The third-order valence-electron chi connectivity index (χ3n) is 4.21. The number of thiophene rings is 1. The number of aryl methyl sites for hydroxylation is 1. The van der Waals surface area contributed by atoms with Crippen molar-refractivity contribution in [3.05, 3.63) is 40.1 Å². The fraction of sp³-hybridized carbons (Fsp3) is 0.353. The molecule has 2 heterocycles. The highest BCUT2D eigenvalue weighted by Gasteiger charge is 2.31. The van der Waals surface area contributed by atoms with Crippen molar-refractivity contribution in [3.8, 4) is 0 Å². The second-order valence-corrected chi connectivity index (χ2v) is 12.3. The molecular formula is C17H21N3O5S4. The number of carbonyl (C=O) groups is 1. The van der Waals surface area contributed by atoms with Gasteiger partial charge >= 0.3 is 0 Å². The van der Waals surface area contributed by atoms with Gasteiger partial charge in [-0.3, -0.25) is 9.52 Å². The van der Waals surface area contributed by atoms with E-state index in [2.05, 4.69) is 10.0 Å². The van der Waals surface area contributed by atoms with Crippen LogP contribution in [0.1, 0.15) is 15.2 Å². The maximum atomic E-state index is 12.9. The molecule has 1 aliphatic rings. The summed E-state index contributed by atoms with van der Waals surface area (Å²) in [6.07, 6.45) is 1.04. The molecule has 0 bridgehead atoms. The third-order valence-corrected chi connectivity index (χ3v) is 8.73. The highest BCUT2D eigenvalue weighted by Crippen LogP contribution is 2.28. The van der Waals surface area contributed by atoms with Crippen LogP contribution in [-0.2, 0) is 20.0 Å². The van der Waals surface area contributed by atoms with Crippen molar-refractivity contribution in [2.75, 3.05) is 40.9 Å². The second-order valence-electron chi connectivity index (χ2n) is 6.49. The summed E-state index contributed by atoms with van der Waals surface area (Å²) < 4.78 is 52.7. The molecule has 158 valence electrons. The zero-order chi connectivity index (χ0) is 21.2. The number of hydrogen-bond acceptors (Lipinski definition) is 7. The Labute approximate surface area is 178 Å². The Morgan fingerprint density at radius 3 is 2.45 bits per heavy atom. The average molecular weight is 476 g/mol. The van der Waals surface area contributed by atoms with E-state index in [0.717, 1.165) is 29.1 Å². The fourth-order valence-corrected chi connectivity index (χ4v) is 7.28. The maximum absolute atomic E-state index is 12.9. The van der Waals surface area contributed by atoms with Gasteiger partial charge in [0, 0.05) is 30.3 Å². The van der Waals surface area contributed by atoms with Crippen LogP contribution in [0.2, 0.25) is 0 Å². The number of nitrogens with one attached hydrogen (secondary N) is 2. The topological polar surface area (TPSA) is 113 Å². The van der Waals surface area contributed by atoms with Gasteiger partial charge in [0.15, 0.2) is 0 Å². The Kier molecular flexibility index (Phi) is 6.58. The minimum absolute atomic E-state index is 0.00602. The van der Waals surface area contributed by atoms with Crippen molar-refractivity contribution in [3.63, 3.8) is 0 Å². The summed E-state index contributed by atoms with van der Waals surface area (Å²) in [6, 6.07) is 6.24. The van der Waals surface area contributed by atoms with E-state index in [9.17, 15) is 21.6 Å². The highest BCUT2D eigenvalue weighted by atomic mass is 32.2. The van der Waals surface area contributed by atoms with Gasteiger partial charge in [-0.05, 0) is 36.1 Å². The monoisotopic (exact) mass is 475 g/mol. The van der Waals surface area contributed by atoms with Crippen LogP contribution in [0.15, 0.2) is 34.5 Å². The van der Waals surface area contributed by atoms with Crippen molar-refractivity contribution >= 4 is 60.4 Å². The van der Waals surface area contributed by atoms with E-state index in [-0.39, 0.29) is 9.77 Å². The summed E-state index contributed by atoms with van der Waals surface area (Å²) in [6.45, 7) is 2.57. The SMILES string of the molecule is Cc1ccc(NC(=O)c2sccc2S(=O)(=O)N2CCSCC2)cc1NS(C)(=O)=O. The van der Waals surface area contributed by atoms with Gasteiger partial charge in [-0.2, -0.15) is 16.1 Å². The maximum Gasteiger partial charge on any atom is 0.267 e. The highest BCUT2D eigenvalue weighted by molar-refractivity contribution is 7.99. The molecule has 2 N–H and O–H groups in total.